The summed E-state index contributed by atoms with van der Waals surface area (Å²) in [7, 11) is -1.94. The molecule has 0 saturated carbocycles. The highest BCUT2D eigenvalue weighted by Crippen LogP contribution is 2.28. The number of nitrogens with one attached hydrogen (secondary N) is 1. The van der Waals surface area contributed by atoms with Crippen LogP contribution in [0.2, 0.25) is 0 Å². The summed E-state index contributed by atoms with van der Waals surface area (Å²) in [4.78, 5) is 12.5. The van der Waals surface area contributed by atoms with E-state index in [9.17, 15) is 13.2 Å². The number of carbonyl (C=O) groups excluding carboxylic acids is 1. The zero-order valence-electron chi connectivity index (χ0n) is 15.5. The Kier molecular flexibility index (Phi) is 6.59. The van der Waals surface area contributed by atoms with E-state index in [1.165, 1.54) is 4.31 Å². The van der Waals surface area contributed by atoms with Crippen molar-refractivity contribution in [2.45, 2.75) is 38.5 Å². The molecule has 140 valence electrons. The first-order chi connectivity index (χ1) is 11.8. The van der Waals surface area contributed by atoms with Crippen LogP contribution in [0, 0.1) is 26.7 Å². The maximum absolute atomic E-state index is 13.0. The largest absolute Gasteiger partial charge is 0.383 e. The van der Waals surface area contributed by atoms with Crippen LogP contribution in [0.4, 0.5) is 0 Å². The lowest BCUT2D eigenvalue weighted by molar-refractivity contribution is -0.126. The Balaban J connectivity index is 2.06. The summed E-state index contributed by atoms with van der Waals surface area (Å²) in [6, 6.07) is 3.80. The van der Waals surface area contributed by atoms with Crippen molar-refractivity contribution in [1.82, 2.24) is 9.62 Å². The molecule has 1 N–H and O–H groups in total. The summed E-state index contributed by atoms with van der Waals surface area (Å²) >= 11 is 0. The van der Waals surface area contributed by atoms with Gasteiger partial charge >= 0.3 is 0 Å². The Morgan fingerprint density at radius 2 is 1.76 bits per heavy atom. The maximum atomic E-state index is 13.0. The molecular weight excluding hydrogens is 340 g/mol. The molecule has 1 aliphatic heterocycles. The summed E-state index contributed by atoms with van der Waals surface area (Å²) in [6.07, 6.45) is 1.09. The van der Waals surface area contributed by atoms with E-state index in [0.29, 0.717) is 44.0 Å². The molecular formula is C18H28N2O4S. The molecule has 25 heavy (non-hydrogen) atoms. The fraction of sp³-hybridized carbons (Fsp3) is 0.611. The molecule has 1 heterocycles. The molecule has 6 nitrogen and oxygen atoms in total. The normalized spacial score (nSPS) is 16.8. The summed E-state index contributed by atoms with van der Waals surface area (Å²) in [5.74, 6) is -0.152. The maximum Gasteiger partial charge on any atom is 0.243 e. The van der Waals surface area contributed by atoms with E-state index in [2.05, 4.69) is 5.32 Å². The van der Waals surface area contributed by atoms with Gasteiger partial charge in [-0.3, -0.25) is 4.79 Å². The molecule has 0 unspecified atom stereocenters. The van der Waals surface area contributed by atoms with E-state index >= 15 is 0 Å². The number of piperidine rings is 1. The van der Waals surface area contributed by atoms with Crippen molar-refractivity contribution in [2.24, 2.45) is 5.92 Å². The number of methoxy groups -OCH3 is 1. The number of carbonyl (C=O) groups is 1. The van der Waals surface area contributed by atoms with Gasteiger partial charge in [-0.2, -0.15) is 4.31 Å². The summed E-state index contributed by atoms with van der Waals surface area (Å²) in [5.41, 5.74) is 2.61. The van der Waals surface area contributed by atoms with Crippen molar-refractivity contribution in [3.63, 3.8) is 0 Å². The molecule has 1 amide bonds. The number of rotatable bonds is 6. The van der Waals surface area contributed by atoms with Crippen molar-refractivity contribution >= 4 is 15.9 Å². The van der Waals surface area contributed by atoms with Crippen molar-refractivity contribution in [2.75, 3.05) is 33.4 Å². The summed E-state index contributed by atoms with van der Waals surface area (Å²) in [5, 5.41) is 2.83. The first kappa shape index (κ1) is 19.9. The zero-order chi connectivity index (χ0) is 18.6. The van der Waals surface area contributed by atoms with E-state index in [1.54, 1.807) is 7.11 Å². The minimum absolute atomic E-state index is 0.0169. The molecule has 0 bridgehead atoms. The van der Waals surface area contributed by atoms with Crippen LogP contribution in [-0.4, -0.2) is 52.0 Å². The van der Waals surface area contributed by atoms with Crippen molar-refractivity contribution in [1.29, 1.82) is 0 Å². The van der Waals surface area contributed by atoms with Crippen LogP contribution in [0.5, 0.6) is 0 Å². The fourth-order valence-corrected chi connectivity index (χ4v) is 5.36. The van der Waals surface area contributed by atoms with Crippen LogP contribution in [0.25, 0.3) is 0 Å². The van der Waals surface area contributed by atoms with Gasteiger partial charge in [0.2, 0.25) is 15.9 Å². The van der Waals surface area contributed by atoms with Gasteiger partial charge in [0.25, 0.3) is 0 Å². The highest BCUT2D eigenvalue weighted by molar-refractivity contribution is 7.89. The minimum atomic E-state index is -3.53. The number of hydrogen-bond donors (Lipinski definition) is 1. The Labute approximate surface area is 150 Å². The van der Waals surface area contributed by atoms with Crippen LogP contribution in [-0.2, 0) is 19.6 Å². The molecule has 0 atom stereocenters. The minimum Gasteiger partial charge on any atom is -0.383 e. The first-order valence-electron chi connectivity index (χ1n) is 8.62. The number of sulfonamides is 1. The monoisotopic (exact) mass is 368 g/mol. The Hall–Kier alpha value is -1.44. The SMILES string of the molecule is COCCNC(=O)C1CCN(S(=O)(=O)c2c(C)cc(C)cc2C)CC1. The van der Waals surface area contributed by atoms with Gasteiger partial charge in [0.1, 0.15) is 0 Å². The third kappa shape index (κ3) is 4.59. The molecule has 2 rings (SSSR count). The van der Waals surface area contributed by atoms with E-state index in [0.717, 1.165) is 16.7 Å². The van der Waals surface area contributed by atoms with Crippen LogP contribution in [0.1, 0.15) is 29.5 Å². The van der Waals surface area contributed by atoms with Crippen LogP contribution in [0.3, 0.4) is 0 Å². The smallest absolute Gasteiger partial charge is 0.243 e. The number of aryl methyl sites for hydroxylation is 3. The molecule has 1 aliphatic rings. The Morgan fingerprint density at radius 3 is 2.28 bits per heavy atom. The molecule has 1 aromatic rings. The van der Waals surface area contributed by atoms with E-state index < -0.39 is 10.0 Å². The van der Waals surface area contributed by atoms with E-state index in [1.807, 2.05) is 32.9 Å². The molecule has 1 fully saturated rings. The number of amides is 1. The third-order valence-corrected chi connectivity index (χ3v) is 6.84. The van der Waals surface area contributed by atoms with E-state index in [4.69, 9.17) is 4.74 Å². The van der Waals surface area contributed by atoms with Crippen molar-refractivity contribution < 1.29 is 17.9 Å². The number of nitrogens with zero attached hydrogens (tertiary/aromatic N) is 1. The molecule has 0 aliphatic carbocycles. The van der Waals surface area contributed by atoms with Gasteiger partial charge in [0.05, 0.1) is 11.5 Å². The molecule has 0 radical (unpaired) electrons. The average Bonchev–Trinajstić information content (AvgIpc) is 2.54. The average molecular weight is 368 g/mol. The fourth-order valence-electron chi connectivity index (χ4n) is 3.48. The quantitative estimate of drug-likeness (QED) is 0.777. The molecule has 1 saturated heterocycles. The number of ether oxygens (including phenoxy) is 1. The predicted octanol–water partition coefficient (Wildman–Crippen LogP) is 1.78. The second kappa shape index (κ2) is 8.29. The second-order valence-electron chi connectivity index (χ2n) is 6.69. The van der Waals surface area contributed by atoms with Gasteiger partial charge in [-0.25, -0.2) is 8.42 Å². The molecule has 0 spiro atoms. The van der Waals surface area contributed by atoms with Gasteiger partial charge in [0.15, 0.2) is 0 Å². The van der Waals surface area contributed by atoms with Gasteiger partial charge in [-0.1, -0.05) is 17.7 Å². The lowest BCUT2D eigenvalue weighted by Gasteiger charge is -2.31. The van der Waals surface area contributed by atoms with Crippen LogP contribution >= 0.6 is 0 Å². The molecule has 1 aromatic carbocycles. The number of hydrogen-bond acceptors (Lipinski definition) is 4. The topological polar surface area (TPSA) is 75.7 Å². The molecule has 0 aromatic heterocycles. The predicted molar refractivity (Wildman–Crippen MR) is 97.0 cm³/mol. The van der Waals surface area contributed by atoms with Gasteiger partial charge in [-0.05, 0) is 44.7 Å². The lowest BCUT2D eigenvalue weighted by Crippen LogP contribution is -2.43. The van der Waals surface area contributed by atoms with E-state index in [-0.39, 0.29) is 11.8 Å². The van der Waals surface area contributed by atoms with Crippen LogP contribution in [0.15, 0.2) is 17.0 Å². The summed E-state index contributed by atoms with van der Waals surface area (Å²) < 4.78 is 32.5. The van der Waals surface area contributed by atoms with Gasteiger partial charge in [-0.15, -0.1) is 0 Å². The first-order valence-corrected chi connectivity index (χ1v) is 10.1. The van der Waals surface area contributed by atoms with Gasteiger partial charge in [0, 0.05) is 32.7 Å². The van der Waals surface area contributed by atoms with Crippen molar-refractivity contribution in [3.8, 4) is 0 Å². The number of benzene rings is 1. The lowest BCUT2D eigenvalue weighted by atomic mass is 9.97. The van der Waals surface area contributed by atoms with Crippen LogP contribution < -0.4 is 5.32 Å². The summed E-state index contributed by atoms with van der Waals surface area (Å²) in [6.45, 7) is 7.34. The standard InChI is InChI=1S/C18H28N2O4S/c1-13-11-14(2)17(15(3)12-13)25(22,23)20-8-5-16(6-9-20)18(21)19-7-10-24-4/h11-12,16H,5-10H2,1-4H3,(H,19,21). The molecule has 7 heteroatoms. The zero-order valence-corrected chi connectivity index (χ0v) is 16.3. The third-order valence-electron chi connectivity index (χ3n) is 4.63. The Morgan fingerprint density at radius 1 is 1.20 bits per heavy atom. The highest BCUT2D eigenvalue weighted by Gasteiger charge is 2.33. The highest BCUT2D eigenvalue weighted by atomic mass is 32.2. The second-order valence-corrected chi connectivity index (χ2v) is 8.56. The van der Waals surface area contributed by atoms with Gasteiger partial charge < -0.3 is 10.1 Å². The Bertz CT molecular complexity index is 700. The van der Waals surface area contributed by atoms with Crippen molar-refractivity contribution in [3.05, 3.63) is 28.8 Å².